The fourth-order valence-corrected chi connectivity index (χ4v) is 3.37. The van der Waals surface area contributed by atoms with Crippen LogP contribution >= 0.6 is 11.6 Å². The summed E-state index contributed by atoms with van der Waals surface area (Å²) in [6.45, 7) is 6.63. The van der Waals surface area contributed by atoms with Crippen LogP contribution in [0.25, 0.3) is 0 Å². The monoisotopic (exact) mass is 394 g/mol. The van der Waals surface area contributed by atoms with E-state index in [1.807, 2.05) is 0 Å². The van der Waals surface area contributed by atoms with E-state index in [-0.39, 0.29) is 12.0 Å². The number of nitro groups is 1. The number of nitro benzene ring substituents is 1. The third kappa shape index (κ3) is 5.04. The number of rotatable bonds is 6. The average Bonchev–Trinajstić information content (AvgIpc) is 2.45. The minimum atomic E-state index is -1.64. The van der Waals surface area contributed by atoms with E-state index in [1.54, 1.807) is 20.8 Å². The summed E-state index contributed by atoms with van der Waals surface area (Å²) >= 11 is 4.41. The fourth-order valence-electron chi connectivity index (χ4n) is 2.04. The normalized spacial score (nSPS) is 15.4. The molecule has 7 nitrogen and oxygen atoms in total. The van der Waals surface area contributed by atoms with E-state index in [2.05, 4.69) is 9.46 Å². The van der Waals surface area contributed by atoms with Crippen LogP contribution in [-0.2, 0) is 26.4 Å². The van der Waals surface area contributed by atoms with Gasteiger partial charge in [-0.2, -0.15) is 4.39 Å². The van der Waals surface area contributed by atoms with Crippen molar-refractivity contribution in [1.29, 1.82) is 0 Å². The Kier molecular flexibility index (Phi) is 6.80. The molecule has 0 aromatic heterocycles. The Hall–Kier alpha value is -1.42. The van der Waals surface area contributed by atoms with Gasteiger partial charge in [-0.05, 0) is 33.8 Å². The van der Waals surface area contributed by atoms with Gasteiger partial charge in [0.2, 0.25) is 5.82 Å². The molecule has 140 valence electrons. The molecule has 0 amide bonds. The largest absolute Gasteiger partial charge is 0.598 e. The van der Waals surface area contributed by atoms with Gasteiger partial charge in [-0.25, -0.2) is 0 Å². The van der Waals surface area contributed by atoms with Gasteiger partial charge in [-0.15, -0.1) is 4.72 Å². The summed E-state index contributed by atoms with van der Waals surface area (Å²) in [6, 6.07) is 2.11. The van der Waals surface area contributed by atoms with E-state index in [0.717, 1.165) is 6.07 Å². The zero-order valence-electron chi connectivity index (χ0n) is 14.5. The van der Waals surface area contributed by atoms with Crippen molar-refractivity contribution in [2.24, 2.45) is 0 Å². The van der Waals surface area contributed by atoms with Crippen molar-refractivity contribution >= 4 is 34.6 Å². The number of hydrogen-bond acceptors (Lipinski definition) is 6. The van der Waals surface area contributed by atoms with E-state index in [1.165, 1.54) is 20.1 Å². The molecular weight excluding hydrogens is 375 g/mol. The van der Waals surface area contributed by atoms with E-state index in [9.17, 15) is 23.9 Å². The number of carbonyl (C=O) groups is 1. The Morgan fingerprint density at radius 2 is 1.96 bits per heavy atom. The first-order chi connectivity index (χ1) is 11.3. The van der Waals surface area contributed by atoms with Crippen molar-refractivity contribution < 1.29 is 23.4 Å². The molecule has 0 heterocycles. The molecule has 0 aliphatic heterocycles. The van der Waals surface area contributed by atoms with Crippen LogP contribution in [0.4, 0.5) is 10.1 Å². The number of ether oxygens (including phenoxy) is 1. The third-order valence-electron chi connectivity index (χ3n) is 3.44. The van der Waals surface area contributed by atoms with Gasteiger partial charge in [0.15, 0.2) is 0 Å². The Labute approximate surface area is 153 Å². The molecule has 1 rings (SSSR count). The summed E-state index contributed by atoms with van der Waals surface area (Å²) in [7, 11) is 1.18. The van der Waals surface area contributed by atoms with E-state index in [4.69, 9.17) is 11.6 Å². The lowest BCUT2D eigenvalue weighted by Gasteiger charge is -2.34. The Morgan fingerprint density at radius 1 is 1.40 bits per heavy atom. The highest BCUT2D eigenvalue weighted by atomic mass is 35.5. The molecule has 1 N–H and O–H groups in total. The van der Waals surface area contributed by atoms with Crippen molar-refractivity contribution in [2.45, 2.75) is 44.4 Å². The first-order valence-corrected chi connectivity index (χ1v) is 8.75. The maximum absolute atomic E-state index is 13.8. The highest BCUT2D eigenvalue weighted by Gasteiger charge is 2.42. The van der Waals surface area contributed by atoms with Crippen molar-refractivity contribution in [2.75, 3.05) is 7.11 Å². The fraction of sp³-hybridized carbons (Fsp3) is 0.533. The first-order valence-electron chi connectivity index (χ1n) is 7.23. The molecule has 2 atom stereocenters. The summed E-state index contributed by atoms with van der Waals surface area (Å²) in [4.78, 5) is 22.0. The van der Waals surface area contributed by atoms with Gasteiger partial charge >= 0.3 is 11.7 Å². The van der Waals surface area contributed by atoms with Gasteiger partial charge in [0.25, 0.3) is 0 Å². The second-order valence-electron chi connectivity index (χ2n) is 6.58. The SMILES string of the molecule is COC(=O)C[C@](C)(N[S+]([O-])C(C)(C)C)c1ccc(F)c([N+](=O)[O-])c1Cl. The van der Waals surface area contributed by atoms with Crippen LogP contribution in [-0.4, -0.2) is 27.3 Å². The second kappa shape index (κ2) is 7.86. The van der Waals surface area contributed by atoms with Gasteiger partial charge in [0, 0.05) is 16.9 Å². The molecule has 0 fully saturated rings. The molecule has 0 saturated heterocycles. The van der Waals surface area contributed by atoms with Crippen molar-refractivity contribution in [3.05, 3.63) is 38.7 Å². The van der Waals surface area contributed by atoms with Crippen molar-refractivity contribution in [1.82, 2.24) is 4.72 Å². The minimum absolute atomic E-state index is 0.0743. The minimum Gasteiger partial charge on any atom is -0.598 e. The number of halogens is 2. The summed E-state index contributed by atoms with van der Waals surface area (Å²) in [5.41, 5.74) is -2.20. The van der Waals surface area contributed by atoms with Crippen LogP contribution < -0.4 is 4.72 Å². The van der Waals surface area contributed by atoms with E-state index >= 15 is 0 Å². The maximum Gasteiger partial charge on any atom is 0.323 e. The molecule has 0 spiro atoms. The van der Waals surface area contributed by atoms with Gasteiger partial charge in [0.1, 0.15) is 9.77 Å². The number of benzene rings is 1. The van der Waals surface area contributed by atoms with Crippen LogP contribution in [0.5, 0.6) is 0 Å². The summed E-state index contributed by atoms with van der Waals surface area (Å²) in [5.74, 6) is -1.75. The lowest BCUT2D eigenvalue weighted by Crippen LogP contribution is -2.51. The molecule has 1 aromatic rings. The molecule has 0 radical (unpaired) electrons. The average molecular weight is 395 g/mol. The van der Waals surface area contributed by atoms with Crippen molar-refractivity contribution in [3.63, 3.8) is 0 Å². The molecule has 25 heavy (non-hydrogen) atoms. The number of nitrogens with one attached hydrogen (secondary N) is 1. The standard InChI is InChI=1S/C15H20ClFN2O5S/c1-14(2,3)25(23)18-15(4,8-11(20)24-5)9-6-7-10(17)13(12(9)16)19(21)22/h6-7,18H,8H2,1-5H3/t15-,25?/m0/s1. The van der Waals surface area contributed by atoms with Gasteiger partial charge < -0.3 is 9.29 Å². The van der Waals surface area contributed by atoms with Crippen LogP contribution in [0.15, 0.2) is 12.1 Å². The Morgan fingerprint density at radius 3 is 2.40 bits per heavy atom. The third-order valence-corrected chi connectivity index (χ3v) is 5.57. The number of carbonyl (C=O) groups excluding carboxylic acids is 1. The Bertz CT molecular complexity index is 683. The predicted octanol–water partition coefficient (Wildman–Crippen LogP) is 3.22. The zero-order valence-corrected chi connectivity index (χ0v) is 16.1. The van der Waals surface area contributed by atoms with E-state index in [0.29, 0.717) is 0 Å². The highest BCUT2D eigenvalue weighted by Crippen LogP contribution is 2.39. The smallest absolute Gasteiger partial charge is 0.323 e. The number of methoxy groups -OCH3 is 1. The molecular formula is C15H20ClFN2O5S. The Balaban J connectivity index is 3.50. The van der Waals surface area contributed by atoms with Crippen LogP contribution in [0.2, 0.25) is 5.02 Å². The zero-order chi connectivity index (χ0) is 19.6. The lowest BCUT2D eigenvalue weighted by molar-refractivity contribution is -0.387. The summed E-state index contributed by atoms with van der Waals surface area (Å²) in [5, 5.41) is 10.6. The number of esters is 1. The van der Waals surface area contributed by atoms with Crippen LogP contribution in [0, 0.1) is 15.9 Å². The van der Waals surface area contributed by atoms with Gasteiger partial charge in [-0.1, -0.05) is 17.7 Å². The van der Waals surface area contributed by atoms with Gasteiger partial charge in [-0.3, -0.25) is 14.9 Å². The summed E-state index contributed by atoms with van der Waals surface area (Å²) < 4.78 is 33.0. The topological polar surface area (TPSA) is 105 Å². The molecule has 0 saturated carbocycles. The molecule has 10 heteroatoms. The second-order valence-corrected chi connectivity index (χ2v) is 8.93. The van der Waals surface area contributed by atoms with E-state index < -0.39 is 49.1 Å². The van der Waals surface area contributed by atoms with Crippen LogP contribution in [0.3, 0.4) is 0 Å². The highest BCUT2D eigenvalue weighted by molar-refractivity contribution is 7.90. The van der Waals surface area contributed by atoms with Gasteiger partial charge in [0.05, 0.1) is 24.0 Å². The summed E-state index contributed by atoms with van der Waals surface area (Å²) in [6.07, 6.45) is -0.312. The molecule has 0 bridgehead atoms. The molecule has 0 aliphatic carbocycles. The van der Waals surface area contributed by atoms with Crippen molar-refractivity contribution in [3.8, 4) is 0 Å². The molecule has 0 aliphatic rings. The first kappa shape index (κ1) is 21.6. The maximum atomic E-state index is 13.8. The number of nitrogens with zero attached hydrogens (tertiary/aromatic N) is 1. The molecule has 1 aromatic carbocycles. The number of hydrogen-bond donors (Lipinski definition) is 1. The molecule has 1 unspecified atom stereocenters. The quantitative estimate of drug-likeness (QED) is 0.344. The predicted molar refractivity (Wildman–Crippen MR) is 93.1 cm³/mol. The lowest BCUT2D eigenvalue weighted by atomic mass is 9.89. The van der Waals surface area contributed by atoms with Crippen LogP contribution in [0.1, 0.15) is 39.7 Å².